The SMILES string of the molecule is CCN(C[C@H](C)C#N)C(=O)[C@H](OC)c1ccccc1. The first-order chi connectivity index (χ1) is 9.13. The Morgan fingerprint density at radius 2 is 2.05 bits per heavy atom. The maximum absolute atomic E-state index is 12.4. The van der Waals surface area contributed by atoms with Crippen LogP contribution in [0, 0.1) is 17.2 Å². The summed E-state index contributed by atoms with van der Waals surface area (Å²) in [6.07, 6.45) is -0.605. The van der Waals surface area contributed by atoms with Gasteiger partial charge in [0, 0.05) is 20.2 Å². The zero-order valence-electron chi connectivity index (χ0n) is 11.7. The van der Waals surface area contributed by atoms with Crippen molar-refractivity contribution in [1.82, 2.24) is 4.90 Å². The van der Waals surface area contributed by atoms with Gasteiger partial charge < -0.3 is 9.64 Å². The average molecular weight is 260 g/mol. The molecule has 0 aromatic heterocycles. The molecule has 0 aliphatic rings. The highest BCUT2D eigenvalue weighted by Gasteiger charge is 2.25. The largest absolute Gasteiger partial charge is 0.367 e. The highest BCUT2D eigenvalue weighted by atomic mass is 16.5. The zero-order chi connectivity index (χ0) is 14.3. The van der Waals surface area contributed by atoms with E-state index in [9.17, 15) is 4.79 Å². The van der Waals surface area contributed by atoms with E-state index in [1.807, 2.05) is 37.3 Å². The van der Waals surface area contributed by atoms with Crippen LogP contribution < -0.4 is 0 Å². The molecule has 2 atom stereocenters. The van der Waals surface area contributed by atoms with Gasteiger partial charge in [0.2, 0.25) is 0 Å². The number of hydrogen-bond acceptors (Lipinski definition) is 3. The van der Waals surface area contributed by atoms with E-state index in [0.29, 0.717) is 13.1 Å². The normalized spacial score (nSPS) is 13.4. The van der Waals surface area contributed by atoms with Crippen LogP contribution in [0.1, 0.15) is 25.5 Å². The molecule has 0 unspecified atom stereocenters. The number of amides is 1. The van der Waals surface area contributed by atoms with Gasteiger partial charge in [-0.25, -0.2) is 0 Å². The van der Waals surface area contributed by atoms with Gasteiger partial charge in [0.05, 0.1) is 12.0 Å². The number of hydrogen-bond donors (Lipinski definition) is 0. The van der Waals surface area contributed by atoms with Gasteiger partial charge in [0.15, 0.2) is 6.10 Å². The van der Waals surface area contributed by atoms with Gasteiger partial charge >= 0.3 is 0 Å². The van der Waals surface area contributed by atoms with Gasteiger partial charge in [-0.1, -0.05) is 30.3 Å². The van der Waals surface area contributed by atoms with Crippen molar-refractivity contribution in [3.63, 3.8) is 0 Å². The van der Waals surface area contributed by atoms with Crippen molar-refractivity contribution in [1.29, 1.82) is 5.26 Å². The third-order valence-corrected chi connectivity index (χ3v) is 2.97. The monoisotopic (exact) mass is 260 g/mol. The van der Waals surface area contributed by atoms with Crippen molar-refractivity contribution in [2.75, 3.05) is 20.2 Å². The molecule has 4 heteroatoms. The number of ether oxygens (including phenoxy) is 1. The molecule has 19 heavy (non-hydrogen) atoms. The quantitative estimate of drug-likeness (QED) is 0.789. The van der Waals surface area contributed by atoms with E-state index in [0.717, 1.165) is 5.56 Å². The molecule has 0 fully saturated rings. The maximum atomic E-state index is 12.4. The van der Waals surface area contributed by atoms with E-state index >= 15 is 0 Å². The minimum absolute atomic E-state index is 0.0988. The van der Waals surface area contributed by atoms with Gasteiger partial charge in [-0.3, -0.25) is 4.79 Å². The predicted octanol–water partition coefficient (Wildman–Crippen LogP) is 2.38. The lowest BCUT2D eigenvalue weighted by atomic mass is 10.1. The number of likely N-dealkylation sites (N-methyl/N-ethyl adjacent to an activating group) is 1. The number of carbonyl (C=O) groups is 1. The molecule has 0 N–H and O–H groups in total. The standard InChI is InChI=1S/C15H20N2O2/c1-4-17(11-12(2)10-16)15(18)14(19-3)13-8-6-5-7-9-13/h5-9,12,14H,4,11H2,1-3H3/t12-,14-/m1/s1. The Morgan fingerprint density at radius 3 is 2.53 bits per heavy atom. The van der Waals surface area contributed by atoms with E-state index in [2.05, 4.69) is 6.07 Å². The van der Waals surface area contributed by atoms with Crippen molar-refractivity contribution < 1.29 is 9.53 Å². The molecule has 1 rings (SSSR count). The molecule has 1 aromatic carbocycles. The van der Waals surface area contributed by atoms with Crippen LogP contribution in [0.4, 0.5) is 0 Å². The number of methoxy groups -OCH3 is 1. The summed E-state index contributed by atoms with van der Waals surface area (Å²) in [5, 5.41) is 8.85. The van der Waals surface area contributed by atoms with Crippen molar-refractivity contribution in [2.24, 2.45) is 5.92 Å². The molecule has 0 bridgehead atoms. The fourth-order valence-electron chi connectivity index (χ4n) is 1.92. The van der Waals surface area contributed by atoms with Crippen molar-refractivity contribution in [3.8, 4) is 6.07 Å². The third kappa shape index (κ3) is 4.08. The summed E-state index contributed by atoms with van der Waals surface area (Å²) in [5.74, 6) is -0.282. The molecule has 0 aliphatic carbocycles. The second kappa shape index (κ2) is 7.55. The Bertz CT molecular complexity index is 439. The summed E-state index contributed by atoms with van der Waals surface area (Å²) in [4.78, 5) is 14.1. The highest BCUT2D eigenvalue weighted by Crippen LogP contribution is 2.19. The Labute approximate surface area is 114 Å². The first kappa shape index (κ1) is 15.2. The maximum Gasteiger partial charge on any atom is 0.256 e. The van der Waals surface area contributed by atoms with Crippen molar-refractivity contribution >= 4 is 5.91 Å². The van der Waals surface area contributed by atoms with Crippen LogP contribution in [-0.2, 0) is 9.53 Å². The first-order valence-corrected chi connectivity index (χ1v) is 6.40. The van der Waals surface area contributed by atoms with E-state index in [1.54, 1.807) is 11.8 Å². The summed E-state index contributed by atoms with van der Waals surface area (Å²) in [6, 6.07) is 11.5. The zero-order valence-corrected chi connectivity index (χ0v) is 11.7. The lowest BCUT2D eigenvalue weighted by Gasteiger charge is -2.26. The third-order valence-electron chi connectivity index (χ3n) is 2.97. The smallest absolute Gasteiger partial charge is 0.256 e. The van der Waals surface area contributed by atoms with Crippen LogP contribution in [-0.4, -0.2) is 31.0 Å². The van der Waals surface area contributed by atoms with Crippen molar-refractivity contribution in [3.05, 3.63) is 35.9 Å². The molecule has 0 spiro atoms. The van der Waals surface area contributed by atoms with Gasteiger partial charge in [-0.2, -0.15) is 5.26 Å². The van der Waals surface area contributed by atoms with E-state index in [4.69, 9.17) is 10.00 Å². The van der Waals surface area contributed by atoms with E-state index in [-0.39, 0.29) is 11.8 Å². The van der Waals surface area contributed by atoms with Gasteiger partial charge in [-0.15, -0.1) is 0 Å². The molecule has 0 aliphatic heterocycles. The lowest BCUT2D eigenvalue weighted by Crippen LogP contribution is -2.38. The highest BCUT2D eigenvalue weighted by molar-refractivity contribution is 5.82. The number of nitriles is 1. The number of benzene rings is 1. The molecule has 0 saturated heterocycles. The first-order valence-electron chi connectivity index (χ1n) is 6.40. The van der Waals surface area contributed by atoms with E-state index in [1.165, 1.54) is 7.11 Å². The molecule has 102 valence electrons. The van der Waals surface area contributed by atoms with Crippen LogP contribution in [0.5, 0.6) is 0 Å². The number of carbonyl (C=O) groups excluding carboxylic acids is 1. The Kier molecular flexibility index (Phi) is 6.04. The van der Waals surface area contributed by atoms with Crippen LogP contribution in [0.25, 0.3) is 0 Å². The van der Waals surface area contributed by atoms with Crippen LogP contribution in [0.3, 0.4) is 0 Å². The van der Waals surface area contributed by atoms with Crippen LogP contribution in [0.15, 0.2) is 30.3 Å². The molecule has 1 aromatic rings. The summed E-state index contributed by atoms with van der Waals surface area (Å²) < 4.78 is 5.32. The van der Waals surface area contributed by atoms with Gasteiger partial charge in [0.1, 0.15) is 0 Å². The summed E-state index contributed by atoms with van der Waals surface area (Å²) in [7, 11) is 1.52. The second-order valence-electron chi connectivity index (χ2n) is 4.43. The molecule has 4 nitrogen and oxygen atoms in total. The Balaban J connectivity index is 2.86. The molecule has 1 amide bonds. The van der Waals surface area contributed by atoms with Crippen molar-refractivity contribution in [2.45, 2.75) is 20.0 Å². The van der Waals surface area contributed by atoms with Gasteiger partial charge in [-0.05, 0) is 19.4 Å². The summed E-state index contributed by atoms with van der Waals surface area (Å²) >= 11 is 0. The fourth-order valence-corrected chi connectivity index (χ4v) is 1.92. The van der Waals surface area contributed by atoms with Crippen LogP contribution in [0.2, 0.25) is 0 Å². The fraction of sp³-hybridized carbons (Fsp3) is 0.467. The molecule has 0 heterocycles. The predicted molar refractivity (Wildman–Crippen MR) is 73.2 cm³/mol. The number of rotatable bonds is 6. The Morgan fingerprint density at radius 1 is 1.42 bits per heavy atom. The number of nitrogens with zero attached hydrogens (tertiary/aromatic N) is 2. The molecular formula is C15H20N2O2. The summed E-state index contributed by atoms with van der Waals surface area (Å²) in [5.41, 5.74) is 0.832. The molecule has 0 saturated carbocycles. The minimum Gasteiger partial charge on any atom is -0.367 e. The molecular weight excluding hydrogens is 240 g/mol. The van der Waals surface area contributed by atoms with Crippen LogP contribution >= 0.6 is 0 Å². The average Bonchev–Trinajstić information content (AvgIpc) is 2.46. The molecule has 0 radical (unpaired) electrons. The minimum atomic E-state index is -0.605. The topological polar surface area (TPSA) is 53.3 Å². The summed E-state index contributed by atoms with van der Waals surface area (Å²) in [6.45, 7) is 4.70. The Hall–Kier alpha value is -1.86. The lowest BCUT2D eigenvalue weighted by molar-refractivity contribution is -0.142. The van der Waals surface area contributed by atoms with Gasteiger partial charge in [0.25, 0.3) is 5.91 Å². The second-order valence-corrected chi connectivity index (χ2v) is 4.43. The van der Waals surface area contributed by atoms with E-state index < -0.39 is 6.10 Å².